The van der Waals surface area contributed by atoms with Crippen LogP contribution < -0.4 is 10.6 Å². The molecule has 3 rings (SSSR count). The van der Waals surface area contributed by atoms with Gasteiger partial charge >= 0.3 is 6.03 Å². The van der Waals surface area contributed by atoms with Crippen LogP contribution >= 0.6 is 0 Å². The molecule has 132 valence electrons. The Morgan fingerprint density at radius 2 is 1.68 bits per heavy atom. The highest BCUT2D eigenvalue weighted by Gasteiger charge is 2.20. The highest BCUT2D eigenvalue weighted by molar-refractivity contribution is 5.89. The third kappa shape index (κ3) is 5.33. The van der Waals surface area contributed by atoms with E-state index in [4.69, 9.17) is 0 Å². The van der Waals surface area contributed by atoms with Crippen molar-refractivity contribution in [3.05, 3.63) is 65.2 Å². The van der Waals surface area contributed by atoms with Gasteiger partial charge in [0.1, 0.15) is 0 Å². The third-order valence-corrected chi connectivity index (χ3v) is 4.65. The molecule has 2 aromatic rings. The lowest BCUT2D eigenvalue weighted by molar-refractivity contribution is 0.190. The van der Waals surface area contributed by atoms with Gasteiger partial charge in [-0.2, -0.15) is 0 Å². The number of likely N-dealkylation sites (tertiary alicyclic amines) is 1. The van der Waals surface area contributed by atoms with Gasteiger partial charge in [-0.15, -0.1) is 0 Å². The van der Waals surface area contributed by atoms with E-state index in [9.17, 15) is 4.79 Å². The monoisotopic (exact) mass is 337 g/mol. The highest BCUT2D eigenvalue weighted by Crippen LogP contribution is 2.16. The van der Waals surface area contributed by atoms with Gasteiger partial charge in [-0.1, -0.05) is 36.4 Å². The molecule has 0 radical (unpaired) electrons. The number of hydrogen-bond acceptors (Lipinski definition) is 2. The van der Waals surface area contributed by atoms with Gasteiger partial charge in [0, 0.05) is 31.4 Å². The number of nitrogens with zero attached hydrogens (tertiary/aromatic N) is 1. The van der Waals surface area contributed by atoms with Gasteiger partial charge in [-0.05, 0) is 55.5 Å². The minimum absolute atomic E-state index is 0.105. The Morgan fingerprint density at radius 1 is 1.04 bits per heavy atom. The van der Waals surface area contributed by atoms with Crippen molar-refractivity contribution < 1.29 is 4.79 Å². The molecule has 0 spiro atoms. The molecule has 4 heteroatoms. The summed E-state index contributed by atoms with van der Waals surface area (Å²) in [7, 11) is 0. The molecule has 0 aromatic heterocycles. The standard InChI is InChI=1S/C21H27N3O/c1-16-12-17(2)14-20(13-16)23-21(25)22-19-8-10-24(11-9-19)15-18-6-4-3-5-7-18/h3-7,12-14,19H,8-11,15H2,1-2H3,(H2,22,23,25). The number of nitrogens with one attached hydrogen (secondary N) is 2. The summed E-state index contributed by atoms with van der Waals surface area (Å²) in [5, 5.41) is 6.07. The molecule has 1 saturated heterocycles. The molecule has 0 bridgehead atoms. The van der Waals surface area contributed by atoms with Crippen LogP contribution in [0.3, 0.4) is 0 Å². The average molecular weight is 337 g/mol. The van der Waals surface area contributed by atoms with Gasteiger partial charge < -0.3 is 10.6 Å². The van der Waals surface area contributed by atoms with Crippen molar-refractivity contribution in [3.63, 3.8) is 0 Å². The number of carbonyl (C=O) groups is 1. The minimum Gasteiger partial charge on any atom is -0.335 e. The molecule has 2 aromatic carbocycles. The number of amides is 2. The second kappa shape index (κ2) is 8.17. The van der Waals surface area contributed by atoms with Gasteiger partial charge in [-0.25, -0.2) is 4.79 Å². The molecule has 0 saturated carbocycles. The molecule has 0 aliphatic carbocycles. The maximum atomic E-state index is 12.2. The Bertz CT molecular complexity index is 686. The third-order valence-electron chi connectivity index (χ3n) is 4.65. The summed E-state index contributed by atoms with van der Waals surface area (Å²) in [4.78, 5) is 14.7. The first-order valence-corrected chi connectivity index (χ1v) is 9.00. The van der Waals surface area contributed by atoms with Crippen LogP contribution in [0.25, 0.3) is 0 Å². The fourth-order valence-electron chi connectivity index (χ4n) is 3.48. The summed E-state index contributed by atoms with van der Waals surface area (Å²) >= 11 is 0. The zero-order valence-electron chi connectivity index (χ0n) is 15.1. The van der Waals surface area contributed by atoms with Crippen LogP contribution in [0.2, 0.25) is 0 Å². The molecule has 1 heterocycles. The summed E-state index contributed by atoms with van der Waals surface area (Å²) in [6.45, 7) is 7.10. The highest BCUT2D eigenvalue weighted by atomic mass is 16.2. The molecule has 0 atom stereocenters. The molecule has 1 aliphatic rings. The van der Waals surface area contributed by atoms with Crippen LogP contribution in [0.5, 0.6) is 0 Å². The van der Waals surface area contributed by atoms with Crippen molar-refractivity contribution in [1.29, 1.82) is 0 Å². The number of hydrogen-bond donors (Lipinski definition) is 2. The van der Waals surface area contributed by atoms with E-state index in [1.807, 2.05) is 32.0 Å². The number of rotatable bonds is 4. The Kier molecular flexibility index (Phi) is 5.71. The minimum atomic E-state index is -0.105. The van der Waals surface area contributed by atoms with Crippen molar-refractivity contribution in [2.75, 3.05) is 18.4 Å². The molecule has 0 unspecified atom stereocenters. The zero-order chi connectivity index (χ0) is 17.6. The summed E-state index contributed by atoms with van der Waals surface area (Å²) in [5.41, 5.74) is 4.52. The molecule has 4 nitrogen and oxygen atoms in total. The van der Waals surface area contributed by atoms with Crippen molar-refractivity contribution in [2.24, 2.45) is 0 Å². The van der Waals surface area contributed by atoms with Crippen LogP contribution in [0.15, 0.2) is 48.5 Å². The lowest BCUT2D eigenvalue weighted by atomic mass is 10.0. The van der Waals surface area contributed by atoms with Gasteiger partial charge in [0.15, 0.2) is 0 Å². The molecular weight excluding hydrogens is 310 g/mol. The van der Waals surface area contributed by atoms with Crippen LogP contribution in [0.1, 0.15) is 29.5 Å². The second-order valence-corrected chi connectivity index (χ2v) is 7.01. The summed E-state index contributed by atoms with van der Waals surface area (Å²) in [6, 6.07) is 16.8. The lowest BCUT2D eigenvalue weighted by Crippen LogP contribution is -2.45. The molecule has 2 N–H and O–H groups in total. The van der Waals surface area contributed by atoms with Gasteiger partial charge in [-0.3, -0.25) is 4.90 Å². The summed E-state index contributed by atoms with van der Waals surface area (Å²) in [6.07, 6.45) is 1.99. The Morgan fingerprint density at radius 3 is 2.32 bits per heavy atom. The molecule has 2 amide bonds. The van der Waals surface area contributed by atoms with E-state index in [0.717, 1.165) is 49.3 Å². The topological polar surface area (TPSA) is 44.4 Å². The van der Waals surface area contributed by atoms with Crippen molar-refractivity contribution in [1.82, 2.24) is 10.2 Å². The summed E-state index contributed by atoms with van der Waals surface area (Å²) < 4.78 is 0. The van der Waals surface area contributed by atoms with E-state index in [-0.39, 0.29) is 12.1 Å². The number of carbonyl (C=O) groups excluding carboxylic acids is 1. The van der Waals surface area contributed by atoms with Crippen LogP contribution in [0, 0.1) is 13.8 Å². The lowest BCUT2D eigenvalue weighted by Gasteiger charge is -2.32. The van der Waals surface area contributed by atoms with Crippen LogP contribution in [0.4, 0.5) is 10.5 Å². The first-order chi connectivity index (χ1) is 12.1. The number of aryl methyl sites for hydroxylation is 2. The van der Waals surface area contributed by atoms with Crippen LogP contribution in [-0.2, 0) is 6.54 Å². The normalized spacial score (nSPS) is 15.8. The molecule has 25 heavy (non-hydrogen) atoms. The molecule has 1 fully saturated rings. The Hall–Kier alpha value is -2.33. The second-order valence-electron chi connectivity index (χ2n) is 7.01. The van der Waals surface area contributed by atoms with Gasteiger partial charge in [0.05, 0.1) is 0 Å². The zero-order valence-corrected chi connectivity index (χ0v) is 15.1. The van der Waals surface area contributed by atoms with E-state index >= 15 is 0 Å². The maximum absolute atomic E-state index is 12.2. The first-order valence-electron chi connectivity index (χ1n) is 9.00. The number of anilines is 1. The SMILES string of the molecule is Cc1cc(C)cc(NC(=O)NC2CCN(Cc3ccccc3)CC2)c1. The Labute approximate surface area is 150 Å². The molecular formula is C21H27N3O. The quantitative estimate of drug-likeness (QED) is 0.882. The van der Waals surface area contributed by atoms with Crippen molar-refractivity contribution in [3.8, 4) is 0 Å². The first kappa shape index (κ1) is 17.5. The fourth-order valence-corrected chi connectivity index (χ4v) is 3.48. The summed E-state index contributed by atoms with van der Waals surface area (Å²) in [5.74, 6) is 0. The van der Waals surface area contributed by atoms with E-state index in [2.05, 4.69) is 45.9 Å². The van der Waals surface area contributed by atoms with E-state index in [0.29, 0.717) is 0 Å². The Balaban J connectivity index is 1.44. The van der Waals surface area contributed by atoms with E-state index in [1.54, 1.807) is 0 Å². The fraction of sp³-hybridized carbons (Fsp3) is 0.381. The van der Waals surface area contributed by atoms with Gasteiger partial charge in [0.2, 0.25) is 0 Å². The maximum Gasteiger partial charge on any atom is 0.319 e. The van der Waals surface area contributed by atoms with Crippen molar-refractivity contribution in [2.45, 2.75) is 39.3 Å². The van der Waals surface area contributed by atoms with Crippen molar-refractivity contribution >= 4 is 11.7 Å². The number of benzene rings is 2. The molecule has 1 aliphatic heterocycles. The van der Waals surface area contributed by atoms with E-state index in [1.165, 1.54) is 5.56 Å². The largest absolute Gasteiger partial charge is 0.335 e. The predicted molar refractivity (Wildman–Crippen MR) is 103 cm³/mol. The number of piperidine rings is 1. The predicted octanol–water partition coefficient (Wildman–Crippen LogP) is 4.09. The average Bonchev–Trinajstić information content (AvgIpc) is 2.56. The smallest absolute Gasteiger partial charge is 0.319 e. The number of urea groups is 1. The van der Waals surface area contributed by atoms with E-state index < -0.39 is 0 Å². The van der Waals surface area contributed by atoms with Crippen LogP contribution in [-0.4, -0.2) is 30.1 Å². The van der Waals surface area contributed by atoms with Gasteiger partial charge in [0.25, 0.3) is 0 Å².